The molecule has 1 N–H and O–H groups in total. The van der Waals surface area contributed by atoms with Crippen molar-refractivity contribution in [2.24, 2.45) is 0 Å². The number of carboxylic acids is 1. The Kier molecular flexibility index (Phi) is 7.70. The van der Waals surface area contributed by atoms with Crippen LogP contribution in [0.2, 0.25) is 5.02 Å². The average Bonchev–Trinajstić information content (AvgIpc) is 3.24. The molecule has 2 heterocycles. The van der Waals surface area contributed by atoms with E-state index in [2.05, 4.69) is 6.92 Å². The zero-order valence-electron chi connectivity index (χ0n) is 18.7. The molecule has 1 amide bonds. The average molecular weight is 501 g/mol. The van der Waals surface area contributed by atoms with E-state index in [1.165, 1.54) is 0 Å². The Morgan fingerprint density at radius 3 is 2.76 bits per heavy atom. The van der Waals surface area contributed by atoms with Crippen molar-refractivity contribution >= 4 is 35.0 Å². The molecule has 1 atom stereocenters. The number of halogens is 1. The molecular weight excluding hydrogens is 476 g/mol. The van der Waals surface area contributed by atoms with Crippen LogP contribution in [0, 0.1) is 0 Å². The molecule has 0 fully saturated rings. The van der Waals surface area contributed by atoms with Crippen molar-refractivity contribution in [1.29, 1.82) is 0 Å². The van der Waals surface area contributed by atoms with Crippen LogP contribution >= 0.6 is 22.9 Å². The minimum Gasteiger partial charge on any atom is -0.482 e. The molecule has 34 heavy (non-hydrogen) atoms. The van der Waals surface area contributed by atoms with Crippen LogP contribution in [0.15, 0.2) is 48.5 Å². The third-order valence-electron chi connectivity index (χ3n) is 5.44. The molecule has 1 aliphatic rings. The summed E-state index contributed by atoms with van der Waals surface area (Å²) in [5.41, 5.74) is 2.44. The van der Waals surface area contributed by atoms with Gasteiger partial charge in [-0.3, -0.25) is 4.90 Å². The second-order valence-electron chi connectivity index (χ2n) is 7.92. The number of aromatic nitrogens is 1. The minimum atomic E-state index is -1.09. The fourth-order valence-electron chi connectivity index (χ4n) is 3.94. The summed E-state index contributed by atoms with van der Waals surface area (Å²) < 4.78 is 11.2. The molecule has 0 saturated heterocycles. The summed E-state index contributed by atoms with van der Waals surface area (Å²) in [6.07, 6.45) is 1.96. The van der Waals surface area contributed by atoms with Gasteiger partial charge in [-0.15, -0.1) is 11.3 Å². The van der Waals surface area contributed by atoms with Crippen LogP contribution in [0.4, 0.5) is 4.79 Å². The van der Waals surface area contributed by atoms with Gasteiger partial charge in [0.05, 0.1) is 15.6 Å². The normalized spacial score (nSPS) is 15.0. The maximum absolute atomic E-state index is 13.3. The molecular formula is C25H25ClN2O5S. The van der Waals surface area contributed by atoms with Gasteiger partial charge in [-0.1, -0.05) is 48.9 Å². The van der Waals surface area contributed by atoms with Gasteiger partial charge in [0.1, 0.15) is 18.4 Å². The number of nitrogens with zero attached hydrogens (tertiary/aromatic N) is 2. The molecule has 0 aliphatic carbocycles. The molecule has 178 valence electrons. The number of carbonyl (C=O) groups excluding carboxylic acids is 1. The SMILES string of the molecule is CCCc1nc2c(s1)C(c1cc(Cl)ccc1OCC(=O)O)N(C(=O)OCc1ccccc1)CC2. The lowest BCUT2D eigenvalue weighted by Crippen LogP contribution is -2.40. The predicted octanol–water partition coefficient (Wildman–Crippen LogP) is 5.50. The van der Waals surface area contributed by atoms with Gasteiger partial charge in [-0.25, -0.2) is 14.6 Å². The highest BCUT2D eigenvalue weighted by Crippen LogP contribution is 2.43. The zero-order valence-corrected chi connectivity index (χ0v) is 20.3. The Balaban J connectivity index is 1.71. The number of aryl methyl sites for hydroxylation is 1. The topological polar surface area (TPSA) is 89.0 Å². The van der Waals surface area contributed by atoms with E-state index in [1.54, 1.807) is 34.4 Å². The van der Waals surface area contributed by atoms with Gasteiger partial charge in [-0.05, 0) is 36.6 Å². The van der Waals surface area contributed by atoms with Crippen molar-refractivity contribution in [3.8, 4) is 5.75 Å². The van der Waals surface area contributed by atoms with Crippen molar-refractivity contribution in [2.75, 3.05) is 13.2 Å². The number of benzene rings is 2. The van der Waals surface area contributed by atoms with E-state index in [1.807, 2.05) is 30.3 Å². The molecule has 7 nitrogen and oxygen atoms in total. The van der Waals surface area contributed by atoms with Gasteiger partial charge in [-0.2, -0.15) is 0 Å². The molecule has 2 aromatic carbocycles. The van der Waals surface area contributed by atoms with Gasteiger partial charge >= 0.3 is 12.1 Å². The van der Waals surface area contributed by atoms with Gasteiger partial charge < -0.3 is 14.6 Å². The molecule has 0 spiro atoms. The molecule has 9 heteroatoms. The fourth-order valence-corrected chi connectivity index (χ4v) is 5.46. The molecule has 0 bridgehead atoms. The number of aliphatic carboxylic acids is 1. The molecule has 4 rings (SSSR count). The monoisotopic (exact) mass is 500 g/mol. The fraction of sp³-hybridized carbons (Fsp3) is 0.320. The van der Waals surface area contributed by atoms with E-state index in [0.717, 1.165) is 34.0 Å². The lowest BCUT2D eigenvalue weighted by atomic mass is 9.97. The first kappa shape index (κ1) is 24.0. The Morgan fingerprint density at radius 2 is 2.03 bits per heavy atom. The second kappa shape index (κ2) is 10.9. The first-order chi connectivity index (χ1) is 16.5. The van der Waals surface area contributed by atoms with Crippen molar-refractivity contribution < 1.29 is 24.2 Å². The standard InChI is InChI=1S/C25H25ClN2O5S/c1-2-6-21-27-19-11-12-28(25(31)33-14-16-7-4-3-5-8-16)23(24(19)34-21)18-13-17(26)9-10-20(18)32-15-22(29)30/h3-5,7-10,13,23H,2,6,11-12,14-15H2,1H3,(H,29,30). The summed E-state index contributed by atoms with van der Waals surface area (Å²) in [4.78, 5) is 31.8. The first-order valence-electron chi connectivity index (χ1n) is 11.1. The van der Waals surface area contributed by atoms with Crippen LogP contribution in [0.1, 0.15) is 46.1 Å². The molecule has 1 aromatic heterocycles. The van der Waals surface area contributed by atoms with Gasteiger partial charge in [0.25, 0.3) is 0 Å². The summed E-state index contributed by atoms with van der Waals surface area (Å²) >= 11 is 7.89. The van der Waals surface area contributed by atoms with E-state index in [-0.39, 0.29) is 6.61 Å². The number of fused-ring (bicyclic) bond motifs is 1. The highest BCUT2D eigenvalue weighted by molar-refractivity contribution is 7.11. The number of thiazole rings is 1. The number of carbonyl (C=O) groups is 2. The van der Waals surface area contributed by atoms with Gasteiger partial charge in [0, 0.05) is 23.6 Å². The first-order valence-corrected chi connectivity index (χ1v) is 12.3. The predicted molar refractivity (Wildman–Crippen MR) is 130 cm³/mol. The molecule has 3 aromatic rings. The summed E-state index contributed by atoms with van der Waals surface area (Å²) in [6.45, 7) is 2.15. The summed E-state index contributed by atoms with van der Waals surface area (Å²) in [5.74, 6) is -0.733. The number of rotatable bonds is 8. The molecule has 0 saturated carbocycles. The van der Waals surface area contributed by atoms with Crippen molar-refractivity contribution in [3.63, 3.8) is 0 Å². The van der Waals surface area contributed by atoms with Gasteiger partial charge in [0.2, 0.25) is 0 Å². The maximum Gasteiger partial charge on any atom is 0.410 e. The van der Waals surface area contributed by atoms with E-state index < -0.39 is 24.7 Å². The van der Waals surface area contributed by atoms with Crippen LogP contribution in [0.5, 0.6) is 5.75 Å². The zero-order chi connectivity index (χ0) is 24.1. The highest BCUT2D eigenvalue weighted by Gasteiger charge is 2.37. The quantitative estimate of drug-likeness (QED) is 0.439. The number of amides is 1. The molecule has 1 aliphatic heterocycles. The van der Waals surface area contributed by atoms with E-state index >= 15 is 0 Å². The minimum absolute atomic E-state index is 0.150. The maximum atomic E-state index is 13.3. The highest BCUT2D eigenvalue weighted by atomic mass is 35.5. The summed E-state index contributed by atoms with van der Waals surface area (Å²) in [5, 5.41) is 10.6. The molecule has 0 radical (unpaired) electrons. The number of carboxylic acid groups (broad SMARTS) is 1. The second-order valence-corrected chi connectivity index (χ2v) is 9.47. The van der Waals surface area contributed by atoms with Crippen LogP contribution in [0.25, 0.3) is 0 Å². The Hall–Kier alpha value is -3.10. The lowest BCUT2D eigenvalue weighted by molar-refractivity contribution is -0.139. The van der Waals surface area contributed by atoms with Crippen molar-refractivity contribution in [1.82, 2.24) is 9.88 Å². The smallest absolute Gasteiger partial charge is 0.410 e. The van der Waals surface area contributed by atoms with Crippen LogP contribution in [0.3, 0.4) is 0 Å². The third kappa shape index (κ3) is 5.51. The summed E-state index contributed by atoms with van der Waals surface area (Å²) in [7, 11) is 0. The Bertz CT molecular complexity index is 1170. The summed E-state index contributed by atoms with van der Waals surface area (Å²) in [6, 6.07) is 13.9. The van der Waals surface area contributed by atoms with Crippen molar-refractivity contribution in [2.45, 2.75) is 38.8 Å². The van der Waals surface area contributed by atoms with Gasteiger partial charge in [0.15, 0.2) is 6.61 Å². The van der Waals surface area contributed by atoms with Crippen LogP contribution < -0.4 is 4.74 Å². The molecule has 1 unspecified atom stereocenters. The lowest BCUT2D eigenvalue weighted by Gasteiger charge is -2.35. The third-order valence-corrected chi connectivity index (χ3v) is 6.89. The largest absolute Gasteiger partial charge is 0.482 e. The van der Waals surface area contributed by atoms with E-state index in [0.29, 0.717) is 29.3 Å². The van der Waals surface area contributed by atoms with E-state index in [9.17, 15) is 9.59 Å². The Labute approximate surface area is 206 Å². The van der Waals surface area contributed by atoms with Crippen LogP contribution in [-0.4, -0.2) is 40.2 Å². The number of hydrogen-bond acceptors (Lipinski definition) is 6. The van der Waals surface area contributed by atoms with Crippen LogP contribution in [-0.2, 0) is 29.0 Å². The number of hydrogen-bond donors (Lipinski definition) is 1. The Morgan fingerprint density at radius 1 is 1.24 bits per heavy atom. The van der Waals surface area contributed by atoms with Crippen molar-refractivity contribution in [3.05, 3.63) is 80.3 Å². The van der Waals surface area contributed by atoms with E-state index in [4.69, 9.17) is 31.2 Å². The number of ether oxygens (including phenoxy) is 2.